The molecule has 0 bridgehead atoms. The van der Waals surface area contributed by atoms with Gasteiger partial charge in [0.05, 0.1) is 0 Å². The van der Waals surface area contributed by atoms with Crippen molar-refractivity contribution >= 4 is 7.32 Å². The summed E-state index contributed by atoms with van der Waals surface area (Å²) in [6.07, 6.45) is 20.5. The topological polar surface area (TPSA) is 49.7 Å². The fourth-order valence-electron chi connectivity index (χ4n) is 3.38. The Morgan fingerprint density at radius 3 is 1.50 bits per heavy atom. The molecule has 0 aliphatic carbocycles. The van der Waals surface area contributed by atoms with E-state index >= 15 is 0 Å². The third-order valence-corrected chi connectivity index (χ3v) is 4.98. The Morgan fingerprint density at radius 2 is 1.08 bits per heavy atom. The van der Waals surface area contributed by atoms with Crippen molar-refractivity contribution in [1.29, 1.82) is 0 Å². The molecule has 2 N–H and O–H groups in total. The molecule has 0 fully saturated rings. The van der Waals surface area contributed by atoms with Crippen LogP contribution >= 0.6 is 0 Å². The molecule has 0 aromatic heterocycles. The maximum atomic E-state index is 8.75. The van der Waals surface area contributed by atoms with Crippen molar-refractivity contribution in [1.82, 2.24) is 0 Å². The van der Waals surface area contributed by atoms with E-state index in [2.05, 4.69) is 6.92 Å². The van der Waals surface area contributed by atoms with Crippen LogP contribution in [0.4, 0.5) is 0 Å². The maximum absolute atomic E-state index is 8.75. The van der Waals surface area contributed by atoms with Crippen LogP contribution < -0.4 is 4.65 Å². The summed E-state index contributed by atoms with van der Waals surface area (Å²) in [5.74, 6) is 0.490. The lowest BCUT2D eigenvalue weighted by atomic mass is 10.0. The van der Waals surface area contributed by atoms with Gasteiger partial charge in [0.2, 0.25) is 0 Å². The molecule has 0 atom stereocenters. The molecule has 0 aliphatic rings. The van der Waals surface area contributed by atoms with Crippen molar-refractivity contribution in [2.24, 2.45) is 0 Å². The van der Waals surface area contributed by atoms with Crippen LogP contribution in [-0.2, 0) is 6.42 Å². The van der Waals surface area contributed by atoms with Crippen LogP contribution in [0.3, 0.4) is 0 Å². The molecule has 0 saturated heterocycles. The van der Waals surface area contributed by atoms with E-state index in [1.54, 1.807) is 12.1 Å². The van der Waals surface area contributed by atoms with E-state index in [1.165, 1.54) is 95.5 Å². The van der Waals surface area contributed by atoms with Gasteiger partial charge in [0, 0.05) is 0 Å². The van der Waals surface area contributed by atoms with Gasteiger partial charge in [-0.1, -0.05) is 103 Å². The summed E-state index contributed by atoms with van der Waals surface area (Å²) in [5.41, 5.74) is 1.28. The van der Waals surface area contributed by atoms with E-state index in [0.717, 1.165) is 6.42 Å². The highest BCUT2D eigenvalue weighted by Crippen LogP contribution is 2.16. The molecular formula is C22H39BO3. The normalized spacial score (nSPS) is 10.9. The Kier molecular flexibility index (Phi) is 14.4. The number of hydrogen-bond acceptors (Lipinski definition) is 3. The van der Waals surface area contributed by atoms with Crippen LogP contribution in [0.5, 0.6) is 5.75 Å². The van der Waals surface area contributed by atoms with Crippen molar-refractivity contribution in [2.75, 3.05) is 0 Å². The zero-order chi connectivity index (χ0) is 18.9. The molecule has 0 aliphatic heterocycles. The van der Waals surface area contributed by atoms with E-state index < -0.39 is 7.32 Å². The molecular weight excluding hydrogens is 323 g/mol. The summed E-state index contributed by atoms with van der Waals surface area (Å²) < 4.78 is 4.81. The molecule has 1 aromatic rings. The summed E-state index contributed by atoms with van der Waals surface area (Å²) in [6.45, 7) is 2.28. The highest BCUT2D eigenvalue weighted by molar-refractivity contribution is 6.33. The van der Waals surface area contributed by atoms with E-state index in [9.17, 15) is 0 Å². The highest BCUT2D eigenvalue weighted by Gasteiger charge is 2.10. The Morgan fingerprint density at radius 1 is 0.654 bits per heavy atom. The fourth-order valence-corrected chi connectivity index (χ4v) is 3.38. The number of benzene rings is 1. The molecule has 4 heteroatoms. The molecule has 0 radical (unpaired) electrons. The van der Waals surface area contributed by atoms with Crippen molar-refractivity contribution in [3.05, 3.63) is 29.8 Å². The van der Waals surface area contributed by atoms with Gasteiger partial charge < -0.3 is 14.7 Å². The number of rotatable bonds is 17. The molecule has 3 nitrogen and oxygen atoms in total. The maximum Gasteiger partial charge on any atom is 0.707 e. The van der Waals surface area contributed by atoms with E-state index in [1.807, 2.05) is 12.1 Å². The summed E-state index contributed by atoms with van der Waals surface area (Å²) in [4.78, 5) is 0. The second kappa shape index (κ2) is 16.2. The second-order valence-corrected chi connectivity index (χ2v) is 7.43. The molecule has 1 rings (SSSR count). The van der Waals surface area contributed by atoms with Crippen LogP contribution in [0.2, 0.25) is 0 Å². The van der Waals surface area contributed by atoms with Crippen molar-refractivity contribution in [3.8, 4) is 5.75 Å². The number of hydrogen-bond donors (Lipinski definition) is 2. The molecule has 1 aromatic carbocycles. The van der Waals surface area contributed by atoms with Gasteiger partial charge in [-0.15, -0.1) is 0 Å². The monoisotopic (exact) mass is 362 g/mol. The highest BCUT2D eigenvalue weighted by atomic mass is 16.6. The SMILES string of the molecule is CCCCCCCCCCCCCCCCc1ccc(OB(O)O)cc1. The van der Waals surface area contributed by atoms with Crippen LogP contribution in [0.1, 0.15) is 102 Å². The predicted molar refractivity (Wildman–Crippen MR) is 111 cm³/mol. The van der Waals surface area contributed by atoms with Gasteiger partial charge in [0.1, 0.15) is 5.75 Å². The molecule has 0 heterocycles. The third kappa shape index (κ3) is 13.2. The van der Waals surface area contributed by atoms with Crippen LogP contribution in [0.15, 0.2) is 24.3 Å². The number of unbranched alkanes of at least 4 members (excludes halogenated alkanes) is 13. The van der Waals surface area contributed by atoms with Gasteiger partial charge in [-0.25, -0.2) is 0 Å². The van der Waals surface area contributed by atoms with E-state index in [0.29, 0.717) is 5.75 Å². The molecule has 0 spiro atoms. The summed E-state index contributed by atoms with van der Waals surface area (Å²) in [6, 6.07) is 7.58. The van der Waals surface area contributed by atoms with E-state index in [4.69, 9.17) is 14.7 Å². The standard InChI is InChI=1S/C22H39BO3/c1-2-3-4-5-6-7-8-9-10-11-12-13-14-15-16-21-17-19-22(20-18-21)26-23(24)25/h17-20,24-25H,2-16H2,1H3. The lowest BCUT2D eigenvalue weighted by molar-refractivity contribution is 0.288. The zero-order valence-electron chi connectivity index (χ0n) is 16.8. The minimum atomic E-state index is -1.74. The molecule has 0 unspecified atom stereocenters. The zero-order valence-corrected chi connectivity index (χ0v) is 16.8. The lowest BCUT2D eigenvalue weighted by Crippen LogP contribution is -2.20. The van der Waals surface area contributed by atoms with Gasteiger partial charge in [-0.2, -0.15) is 0 Å². The Labute approximate surface area is 161 Å². The minimum Gasteiger partial charge on any atom is -0.512 e. The molecule has 26 heavy (non-hydrogen) atoms. The summed E-state index contributed by atoms with van der Waals surface area (Å²) in [7, 11) is -1.74. The van der Waals surface area contributed by atoms with Crippen molar-refractivity contribution in [3.63, 3.8) is 0 Å². The van der Waals surface area contributed by atoms with Crippen LogP contribution in [0, 0.1) is 0 Å². The minimum absolute atomic E-state index is 0.490. The quantitative estimate of drug-likeness (QED) is 0.262. The lowest BCUT2D eigenvalue weighted by Gasteiger charge is -2.06. The van der Waals surface area contributed by atoms with Gasteiger partial charge in [-0.3, -0.25) is 0 Å². The van der Waals surface area contributed by atoms with Gasteiger partial charge in [0.15, 0.2) is 0 Å². The summed E-state index contributed by atoms with van der Waals surface area (Å²) >= 11 is 0. The van der Waals surface area contributed by atoms with Crippen LogP contribution in [-0.4, -0.2) is 17.4 Å². The second-order valence-electron chi connectivity index (χ2n) is 7.43. The first kappa shape index (κ1) is 23.0. The van der Waals surface area contributed by atoms with Gasteiger partial charge in [-0.05, 0) is 30.5 Å². The third-order valence-electron chi connectivity index (χ3n) is 4.98. The average Bonchev–Trinajstić information content (AvgIpc) is 2.63. The first-order chi connectivity index (χ1) is 12.7. The smallest absolute Gasteiger partial charge is 0.512 e. The summed E-state index contributed by atoms with van der Waals surface area (Å²) in [5, 5.41) is 17.5. The van der Waals surface area contributed by atoms with Gasteiger partial charge in [0.25, 0.3) is 0 Å². The molecule has 0 saturated carbocycles. The van der Waals surface area contributed by atoms with Crippen LogP contribution in [0.25, 0.3) is 0 Å². The first-order valence-corrected chi connectivity index (χ1v) is 10.8. The van der Waals surface area contributed by atoms with Gasteiger partial charge >= 0.3 is 7.32 Å². The molecule has 0 amide bonds. The van der Waals surface area contributed by atoms with Crippen molar-refractivity contribution in [2.45, 2.75) is 103 Å². The Hall–Kier alpha value is -0.995. The fraction of sp³-hybridized carbons (Fsp3) is 0.727. The van der Waals surface area contributed by atoms with E-state index in [-0.39, 0.29) is 0 Å². The number of aryl methyl sites for hydroxylation is 1. The predicted octanol–water partition coefficient (Wildman–Crippen LogP) is 6.06. The largest absolute Gasteiger partial charge is 0.707 e. The Bertz CT molecular complexity index is 420. The Balaban J connectivity index is 1.86. The molecule has 148 valence electrons. The van der Waals surface area contributed by atoms with Crippen molar-refractivity contribution < 1.29 is 14.7 Å². The first-order valence-electron chi connectivity index (χ1n) is 10.8. The average molecular weight is 362 g/mol.